The highest BCUT2D eigenvalue weighted by atomic mass is 79.9. The van der Waals surface area contributed by atoms with E-state index in [0.29, 0.717) is 24.2 Å². The first-order valence-electron chi connectivity index (χ1n) is 5.24. The Labute approximate surface area is 108 Å². The molecule has 1 aromatic carbocycles. The molecule has 0 aliphatic carbocycles. The van der Waals surface area contributed by atoms with Crippen LogP contribution in [-0.4, -0.2) is 23.3 Å². The largest absolute Gasteiger partial charge is 0.504 e. The summed E-state index contributed by atoms with van der Waals surface area (Å²) in [6.45, 7) is 1.90. The van der Waals surface area contributed by atoms with E-state index in [2.05, 4.69) is 15.9 Å². The summed E-state index contributed by atoms with van der Waals surface area (Å²) in [4.78, 5) is 10.5. The smallest absolute Gasteiger partial charge is 0.303 e. The number of hydrogen-bond donors (Lipinski definition) is 2. The van der Waals surface area contributed by atoms with Crippen molar-refractivity contribution in [2.45, 2.75) is 26.2 Å². The number of phenols is 1. The first-order valence-corrected chi connectivity index (χ1v) is 6.03. The number of benzene rings is 1. The van der Waals surface area contributed by atoms with Crippen molar-refractivity contribution in [2.75, 3.05) is 7.11 Å². The molecule has 94 valence electrons. The van der Waals surface area contributed by atoms with E-state index >= 15 is 0 Å². The number of aromatic hydroxyl groups is 1. The highest BCUT2D eigenvalue weighted by Crippen LogP contribution is 2.38. The lowest BCUT2D eigenvalue weighted by Crippen LogP contribution is -1.98. The second-order valence-electron chi connectivity index (χ2n) is 3.78. The molecule has 0 amide bonds. The van der Waals surface area contributed by atoms with Crippen LogP contribution in [-0.2, 0) is 11.2 Å². The zero-order chi connectivity index (χ0) is 13.0. The standard InChI is InChI=1S/C12H15BrO4/c1-7-6-9(17-2)12(16)8(11(7)13)4-3-5-10(14)15/h6,16H,3-5H2,1-2H3,(H,14,15). The first kappa shape index (κ1) is 13.8. The van der Waals surface area contributed by atoms with Crippen molar-refractivity contribution in [1.29, 1.82) is 0 Å². The molecule has 2 N–H and O–H groups in total. The van der Waals surface area contributed by atoms with Gasteiger partial charge in [-0.2, -0.15) is 0 Å². The Bertz CT molecular complexity index is 429. The minimum absolute atomic E-state index is 0.0790. The molecule has 0 aliphatic heterocycles. The fourth-order valence-corrected chi connectivity index (χ4v) is 2.12. The number of ether oxygens (including phenoxy) is 1. The molecule has 0 bridgehead atoms. The third-order valence-electron chi connectivity index (χ3n) is 2.52. The molecular weight excluding hydrogens is 288 g/mol. The number of carbonyl (C=O) groups is 1. The number of aryl methyl sites for hydroxylation is 1. The molecule has 0 saturated heterocycles. The number of carboxylic acids is 1. The van der Waals surface area contributed by atoms with Gasteiger partial charge in [0, 0.05) is 16.5 Å². The van der Waals surface area contributed by atoms with Gasteiger partial charge >= 0.3 is 5.97 Å². The van der Waals surface area contributed by atoms with Crippen LogP contribution >= 0.6 is 15.9 Å². The summed E-state index contributed by atoms with van der Waals surface area (Å²) >= 11 is 3.40. The molecule has 5 heteroatoms. The van der Waals surface area contributed by atoms with Gasteiger partial charge in [0.25, 0.3) is 0 Å². The molecule has 0 atom stereocenters. The zero-order valence-electron chi connectivity index (χ0n) is 9.79. The number of carboxylic acid groups (broad SMARTS) is 1. The van der Waals surface area contributed by atoms with Crippen molar-refractivity contribution in [2.24, 2.45) is 0 Å². The van der Waals surface area contributed by atoms with E-state index in [1.165, 1.54) is 7.11 Å². The predicted molar refractivity (Wildman–Crippen MR) is 67.7 cm³/mol. The molecule has 0 heterocycles. The van der Waals surface area contributed by atoms with Gasteiger partial charge in [0.15, 0.2) is 11.5 Å². The summed E-state index contributed by atoms with van der Waals surface area (Å²) in [7, 11) is 1.49. The first-order chi connectivity index (χ1) is 7.97. The summed E-state index contributed by atoms with van der Waals surface area (Å²) in [5.74, 6) is -0.341. The molecule has 4 nitrogen and oxygen atoms in total. The van der Waals surface area contributed by atoms with E-state index in [-0.39, 0.29) is 12.2 Å². The normalized spacial score (nSPS) is 10.3. The fraction of sp³-hybridized carbons (Fsp3) is 0.417. The van der Waals surface area contributed by atoms with Gasteiger partial charge in [-0.1, -0.05) is 15.9 Å². The number of aliphatic carboxylic acids is 1. The van der Waals surface area contributed by atoms with Gasteiger partial charge in [-0.15, -0.1) is 0 Å². The van der Waals surface area contributed by atoms with Crippen LogP contribution in [0.3, 0.4) is 0 Å². The molecule has 0 radical (unpaired) electrons. The lowest BCUT2D eigenvalue weighted by atomic mass is 10.0. The Morgan fingerprint density at radius 3 is 2.71 bits per heavy atom. The number of hydrogen-bond acceptors (Lipinski definition) is 3. The molecule has 1 aromatic rings. The van der Waals surface area contributed by atoms with E-state index in [0.717, 1.165) is 10.0 Å². The van der Waals surface area contributed by atoms with Crippen LogP contribution in [0.1, 0.15) is 24.0 Å². The summed E-state index contributed by atoms with van der Waals surface area (Å²) in [6.07, 6.45) is 1.06. The summed E-state index contributed by atoms with van der Waals surface area (Å²) in [6, 6.07) is 1.74. The van der Waals surface area contributed by atoms with Crippen LogP contribution in [0.2, 0.25) is 0 Å². The molecule has 0 aromatic heterocycles. The van der Waals surface area contributed by atoms with E-state index < -0.39 is 5.97 Å². The third kappa shape index (κ3) is 3.36. The maximum Gasteiger partial charge on any atom is 0.303 e. The molecular formula is C12H15BrO4. The molecule has 0 spiro atoms. The fourth-order valence-electron chi connectivity index (χ4n) is 1.62. The van der Waals surface area contributed by atoms with Crippen molar-refractivity contribution in [3.05, 3.63) is 21.7 Å². The van der Waals surface area contributed by atoms with Crippen molar-refractivity contribution in [3.63, 3.8) is 0 Å². The SMILES string of the molecule is COc1cc(C)c(Br)c(CCCC(=O)O)c1O. The van der Waals surface area contributed by atoms with Crippen molar-refractivity contribution < 1.29 is 19.7 Å². The van der Waals surface area contributed by atoms with Crippen molar-refractivity contribution in [3.8, 4) is 11.5 Å². The molecule has 17 heavy (non-hydrogen) atoms. The summed E-state index contributed by atoms with van der Waals surface area (Å²) < 4.78 is 5.87. The Balaban J connectivity index is 2.96. The second-order valence-corrected chi connectivity index (χ2v) is 4.58. The highest BCUT2D eigenvalue weighted by molar-refractivity contribution is 9.10. The summed E-state index contributed by atoms with van der Waals surface area (Å²) in [5.41, 5.74) is 1.65. The molecule has 0 aliphatic rings. The van der Waals surface area contributed by atoms with Crippen LogP contribution in [0.4, 0.5) is 0 Å². The summed E-state index contributed by atoms with van der Waals surface area (Å²) in [5, 5.41) is 18.5. The predicted octanol–water partition coefficient (Wildman–Crippen LogP) is 2.88. The van der Waals surface area contributed by atoms with E-state index in [1.54, 1.807) is 6.07 Å². The molecule has 0 fully saturated rings. The Morgan fingerprint density at radius 2 is 2.18 bits per heavy atom. The maximum atomic E-state index is 10.5. The topological polar surface area (TPSA) is 66.8 Å². The van der Waals surface area contributed by atoms with Gasteiger partial charge in [0.2, 0.25) is 0 Å². The number of halogens is 1. The molecule has 0 unspecified atom stereocenters. The van der Waals surface area contributed by atoms with Gasteiger partial charge < -0.3 is 14.9 Å². The minimum Gasteiger partial charge on any atom is -0.504 e. The monoisotopic (exact) mass is 302 g/mol. The van der Waals surface area contributed by atoms with Gasteiger partial charge in [-0.25, -0.2) is 0 Å². The van der Waals surface area contributed by atoms with Gasteiger partial charge in [-0.3, -0.25) is 4.79 Å². The Morgan fingerprint density at radius 1 is 1.53 bits per heavy atom. The van der Waals surface area contributed by atoms with Crippen LogP contribution in [0.15, 0.2) is 10.5 Å². The zero-order valence-corrected chi connectivity index (χ0v) is 11.4. The van der Waals surface area contributed by atoms with E-state index in [1.807, 2.05) is 6.92 Å². The minimum atomic E-state index is -0.833. The third-order valence-corrected chi connectivity index (χ3v) is 3.62. The van der Waals surface area contributed by atoms with Crippen LogP contribution in [0, 0.1) is 6.92 Å². The van der Waals surface area contributed by atoms with Crippen molar-refractivity contribution >= 4 is 21.9 Å². The Kier molecular flexibility index (Phi) is 4.81. The van der Waals surface area contributed by atoms with Gasteiger partial charge in [0.05, 0.1) is 7.11 Å². The average molecular weight is 303 g/mol. The van der Waals surface area contributed by atoms with Gasteiger partial charge in [0.1, 0.15) is 0 Å². The van der Waals surface area contributed by atoms with Crippen LogP contribution in [0.5, 0.6) is 11.5 Å². The highest BCUT2D eigenvalue weighted by Gasteiger charge is 2.14. The number of methoxy groups -OCH3 is 1. The quantitative estimate of drug-likeness (QED) is 0.877. The maximum absolute atomic E-state index is 10.5. The van der Waals surface area contributed by atoms with Crippen LogP contribution in [0.25, 0.3) is 0 Å². The van der Waals surface area contributed by atoms with E-state index in [4.69, 9.17) is 9.84 Å². The van der Waals surface area contributed by atoms with Gasteiger partial charge in [-0.05, 0) is 31.4 Å². The number of phenolic OH excluding ortho intramolecular Hbond substituents is 1. The van der Waals surface area contributed by atoms with E-state index in [9.17, 15) is 9.90 Å². The number of rotatable bonds is 5. The lowest BCUT2D eigenvalue weighted by molar-refractivity contribution is -0.137. The molecule has 0 saturated carbocycles. The van der Waals surface area contributed by atoms with Crippen molar-refractivity contribution in [1.82, 2.24) is 0 Å². The molecule has 1 rings (SSSR count). The Hall–Kier alpha value is -1.23. The van der Waals surface area contributed by atoms with Crippen LogP contribution < -0.4 is 4.74 Å². The average Bonchev–Trinajstić information content (AvgIpc) is 2.27. The lowest BCUT2D eigenvalue weighted by Gasteiger charge is -2.13. The second kappa shape index (κ2) is 5.91.